The van der Waals surface area contributed by atoms with Crippen LogP contribution in [0.2, 0.25) is 0 Å². The van der Waals surface area contributed by atoms with Crippen LogP contribution in [0.15, 0.2) is 59.6 Å². The van der Waals surface area contributed by atoms with Gasteiger partial charge < -0.3 is 9.64 Å². The fraction of sp³-hybridized carbons (Fsp3) is 0.316. The Morgan fingerprint density at radius 1 is 1.09 bits per heavy atom. The number of ether oxygens (including phenoxy) is 1. The molecule has 3 rings (SSSR count). The molecule has 0 N–H and O–H groups in total. The number of amidine groups is 1. The number of methoxy groups -OCH3 is 1. The molecule has 0 fully saturated rings. The van der Waals surface area contributed by atoms with Crippen LogP contribution in [0.4, 0.5) is 0 Å². The Bertz CT molecular complexity index is 651. The molecule has 2 aromatic rings. The van der Waals surface area contributed by atoms with Crippen molar-refractivity contribution in [3.05, 3.63) is 65.7 Å². The molecular weight excluding hydrogens is 272 g/mol. The third-order valence-electron chi connectivity index (χ3n) is 4.13. The smallest absolute Gasteiger partial charge is 0.123 e. The molecule has 0 radical (unpaired) electrons. The molecule has 0 saturated carbocycles. The molecule has 0 spiro atoms. The summed E-state index contributed by atoms with van der Waals surface area (Å²) in [6, 6.07) is 19.1. The average molecular weight is 294 g/mol. The predicted octanol–water partition coefficient (Wildman–Crippen LogP) is 3.54. The number of rotatable bonds is 5. The molecule has 114 valence electrons. The van der Waals surface area contributed by atoms with Gasteiger partial charge in [-0.2, -0.15) is 0 Å². The first-order valence-electron chi connectivity index (χ1n) is 7.71. The summed E-state index contributed by atoms with van der Waals surface area (Å²) in [7, 11) is 1.72. The van der Waals surface area contributed by atoms with Crippen molar-refractivity contribution in [2.24, 2.45) is 4.99 Å². The van der Waals surface area contributed by atoms with Crippen molar-refractivity contribution in [2.45, 2.75) is 25.9 Å². The van der Waals surface area contributed by atoms with Gasteiger partial charge in [0.1, 0.15) is 5.75 Å². The monoisotopic (exact) mass is 294 g/mol. The second-order valence-electron chi connectivity index (χ2n) is 5.71. The number of hydrogen-bond acceptors (Lipinski definition) is 3. The maximum atomic E-state index is 5.45. The predicted molar refractivity (Wildman–Crippen MR) is 90.4 cm³/mol. The van der Waals surface area contributed by atoms with E-state index in [2.05, 4.69) is 54.3 Å². The molecule has 0 aromatic heterocycles. The van der Waals surface area contributed by atoms with Gasteiger partial charge in [0.15, 0.2) is 0 Å². The van der Waals surface area contributed by atoms with Crippen molar-refractivity contribution >= 4 is 5.84 Å². The largest absolute Gasteiger partial charge is 0.496 e. The number of aliphatic imine (C=N–C) groups is 1. The molecule has 0 bridgehead atoms. The second-order valence-corrected chi connectivity index (χ2v) is 5.71. The summed E-state index contributed by atoms with van der Waals surface area (Å²) in [5, 5.41) is 0. The van der Waals surface area contributed by atoms with Crippen LogP contribution >= 0.6 is 0 Å². The molecule has 2 aromatic carbocycles. The lowest BCUT2D eigenvalue weighted by Crippen LogP contribution is -2.28. The van der Waals surface area contributed by atoms with E-state index in [9.17, 15) is 0 Å². The molecule has 3 heteroatoms. The van der Waals surface area contributed by atoms with Gasteiger partial charge in [-0.05, 0) is 25.0 Å². The SMILES string of the molecule is COc1ccccc1CN1CC(Cc2ccccc2)N=C1C. The van der Waals surface area contributed by atoms with E-state index >= 15 is 0 Å². The van der Waals surface area contributed by atoms with E-state index in [4.69, 9.17) is 9.73 Å². The lowest BCUT2D eigenvalue weighted by atomic mass is 10.1. The summed E-state index contributed by atoms with van der Waals surface area (Å²) in [5.74, 6) is 2.06. The van der Waals surface area contributed by atoms with E-state index in [1.165, 1.54) is 11.1 Å². The van der Waals surface area contributed by atoms with Gasteiger partial charge >= 0.3 is 0 Å². The molecule has 1 aliphatic heterocycles. The van der Waals surface area contributed by atoms with Crippen LogP contribution in [0, 0.1) is 0 Å². The molecule has 22 heavy (non-hydrogen) atoms. The van der Waals surface area contributed by atoms with Crippen LogP contribution in [0.5, 0.6) is 5.75 Å². The van der Waals surface area contributed by atoms with Gasteiger partial charge in [0.25, 0.3) is 0 Å². The topological polar surface area (TPSA) is 24.8 Å². The van der Waals surface area contributed by atoms with Crippen LogP contribution in [0.1, 0.15) is 18.1 Å². The van der Waals surface area contributed by atoms with E-state index in [1.54, 1.807) is 7.11 Å². The van der Waals surface area contributed by atoms with Gasteiger partial charge in [0, 0.05) is 18.7 Å². The Kier molecular flexibility index (Phi) is 4.42. The number of hydrogen-bond donors (Lipinski definition) is 0. The van der Waals surface area contributed by atoms with Gasteiger partial charge in [-0.3, -0.25) is 4.99 Å². The minimum Gasteiger partial charge on any atom is -0.496 e. The summed E-state index contributed by atoms with van der Waals surface area (Å²) in [6.45, 7) is 3.92. The molecule has 0 aliphatic carbocycles. The zero-order valence-corrected chi connectivity index (χ0v) is 13.2. The zero-order chi connectivity index (χ0) is 15.4. The lowest BCUT2D eigenvalue weighted by molar-refractivity contribution is 0.380. The zero-order valence-electron chi connectivity index (χ0n) is 13.2. The molecule has 1 atom stereocenters. The number of nitrogens with zero attached hydrogens (tertiary/aromatic N) is 2. The van der Waals surface area contributed by atoms with Crippen LogP contribution in [0.3, 0.4) is 0 Å². The first kappa shape index (κ1) is 14.6. The molecule has 0 amide bonds. The van der Waals surface area contributed by atoms with E-state index in [-0.39, 0.29) is 0 Å². The van der Waals surface area contributed by atoms with Gasteiger partial charge in [-0.25, -0.2) is 0 Å². The van der Waals surface area contributed by atoms with Crippen molar-refractivity contribution in [1.82, 2.24) is 4.90 Å². The third-order valence-corrected chi connectivity index (χ3v) is 4.13. The van der Waals surface area contributed by atoms with Crippen molar-refractivity contribution < 1.29 is 4.74 Å². The summed E-state index contributed by atoms with van der Waals surface area (Å²) < 4.78 is 5.45. The highest BCUT2D eigenvalue weighted by atomic mass is 16.5. The van der Waals surface area contributed by atoms with Crippen molar-refractivity contribution in [3.63, 3.8) is 0 Å². The van der Waals surface area contributed by atoms with E-state index < -0.39 is 0 Å². The van der Waals surface area contributed by atoms with Crippen molar-refractivity contribution in [2.75, 3.05) is 13.7 Å². The average Bonchev–Trinajstić information content (AvgIpc) is 2.88. The Morgan fingerprint density at radius 3 is 2.59 bits per heavy atom. The van der Waals surface area contributed by atoms with Gasteiger partial charge in [-0.1, -0.05) is 48.5 Å². The summed E-state index contributed by atoms with van der Waals surface area (Å²) in [5.41, 5.74) is 2.56. The minimum absolute atomic E-state index is 0.345. The standard InChI is InChI=1S/C19H22N2O/c1-15-20-18(12-16-8-4-3-5-9-16)14-21(15)13-17-10-6-7-11-19(17)22-2/h3-11,18H,12-14H2,1-2H3. The Morgan fingerprint density at radius 2 is 1.82 bits per heavy atom. The van der Waals surface area contributed by atoms with E-state index in [1.807, 2.05) is 12.1 Å². The van der Waals surface area contributed by atoms with Crippen molar-refractivity contribution in [1.29, 1.82) is 0 Å². The van der Waals surface area contributed by atoms with E-state index in [0.29, 0.717) is 6.04 Å². The van der Waals surface area contributed by atoms with Crippen LogP contribution in [0.25, 0.3) is 0 Å². The van der Waals surface area contributed by atoms with Crippen LogP contribution in [-0.4, -0.2) is 30.4 Å². The highest BCUT2D eigenvalue weighted by molar-refractivity contribution is 5.81. The van der Waals surface area contributed by atoms with Crippen LogP contribution in [-0.2, 0) is 13.0 Å². The fourth-order valence-electron chi connectivity index (χ4n) is 2.99. The first-order valence-corrected chi connectivity index (χ1v) is 7.71. The maximum Gasteiger partial charge on any atom is 0.123 e. The van der Waals surface area contributed by atoms with Gasteiger partial charge in [-0.15, -0.1) is 0 Å². The van der Waals surface area contributed by atoms with Gasteiger partial charge in [0.05, 0.1) is 19.0 Å². The molecule has 0 saturated heterocycles. The Balaban J connectivity index is 1.66. The third kappa shape index (κ3) is 3.30. The van der Waals surface area contributed by atoms with E-state index in [0.717, 1.165) is 31.1 Å². The van der Waals surface area contributed by atoms with Crippen molar-refractivity contribution in [3.8, 4) is 5.75 Å². The molecular formula is C19H22N2O. The maximum absolute atomic E-state index is 5.45. The Hall–Kier alpha value is -2.29. The summed E-state index contributed by atoms with van der Waals surface area (Å²) in [4.78, 5) is 7.16. The van der Waals surface area contributed by atoms with Gasteiger partial charge in [0.2, 0.25) is 0 Å². The Labute approximate surface area is 132 Å². The molecule has 1 unspecified atom stereocenters. The highest BCUT2D eigenvalue weighted by Crippen LogP contribution is 2.22. The fourth-order valence-corrected chi connectivity index (χ4v) is 2.99. The molecule has 1 aliphatic rings. The quantitative estimate of drug-likeness (QED) is 0.842. The number of benzene rings is 2. The normalized spacial score (nSPS) is 17.5. The second kappa shape index (κ2) is 6.65. The summed E-state index contributed by atoms with van der Waals surface area (Å²) in [6.07, 6.45) is 1.00. The first-order chi connectivity index (χ1) is 10.8. The minimum atomic E-state index is 0.345. The van der Waals surface area contributed by atoms with Crippen LogP contribution < -0.4 is 4.74 Å². The highest BCUT2D eigenvalue weighted by Gasteiger charge is 2.23. The number of para-hydroxylation sites is 1. The summed E-state index contributed by atoms with van der Waals surface area (Å²) >= 11 is 0. The molecule has 3 nitrogen and oxygen atoms in total. The lowest BCUT2D eigenvalue weighted by Gasteiger charge is -2.20. The molecule has 1 heterocycles.